The number of hydrogen-bond acceptors (Lipinski definition) is 2. The first-order valence-corrected chi connectivity index (χ1v) is 8.85. The highest BCUT2D eigenvalue weighted by molar-refractivity contribution is 6.30. The van der Waals surface area contributed by atoms with Gasteiger partial charge in [-0.1, -0.05) is 60.1 Å². The molecule has 2 rings (SSSR count). The van der Waals surface area contributed by atoms with Crippen molar-refractivity contribution in [1.29, 1.82) is 0 Å². The number of nitrogens with zero attached hydrogens (tertiary/aromatic N) is 1. The lowest BCUT2D eigenvalue weighted by atomic mass is 10.1. The third-order valence-corrected chi connectivity index (χ3v) is 4.30. The number of carbonyl (C=O) groups excluding carboxylic acids is 2. The van der Waals surface area contributed by atoms with Gasteiger partial charge in [-0.2, -0.15) is 0 Å². The molecule has 2 aromatic carbocycles. The van der Waals surface area contributed by atoms with Gasteiger partial charge in [-0.15, -0.1) is 6.58 Å². The molecule has 1 N–H and O–H groups in total. The quantitative estimate of drug-likeness (QED) is 0.722. The van der Waals surface area contributed by atoms with Crippen LogP contribution in [0.5, 0.6) is 0 Å². The fourth-order valence-corrected chi connectivity index (χ4v) is 2.69. The summed E-state index contributed by atoms with van der Waals surface area (Å²) in [5, 5.41) is 3.38. The average Bonchev–Trinajstić information content (AvgIpc) is 2.66. The Bertz CT molecular complexity index is 744. The van der Waals surface area contributed by atoms with Gasteiger partial charge in [0.25, 0.3) is 0 Å². The molecule has 0 heterocycles. The van der Waals surface area contributed by atoms with E-state index in [1.807, 2.05) is 42.5 Å². The molecule has 0 aliphatic carbocycles. The van der Waals surface area contributed by atoms with Crippen molar-refractivity contribution in [3.05, 3.63) is 83.4 Å². The Balaban J connectivity index is 2.17. The average molecular weight is 371 g/mol. The minimum atomic E-state index is -0.588. The van der Waals surface area contributed by atoms with Crippen molar-refractivity contribution in [2.24, 2.45) is 0 Å². The second-order valence-corrected chi connectivity index (χ2v) is 6.46. The van der Waals surface area contributed by atoms with Crippen molar-refractivity contribution in [3.63, 3.8) is 0 Å². The molecule has 0 fully saturated rings. The van der Waals surface area contributed by atoms with Gasteiger partial charge in [0.15, 0.2) is 0 Å². The van der Waals surface area contributed by atoms with Crippen molar-refractivity contribution in [1.82, 2.24) is 10.2 Å². The summed E-state index contributed by atoms with van der Waals surface area (Å²) in [5.74, 6) is -0.317. The molecule has 0 bridgehead atoms. The van der Waals surface area contributed by atoms with E-state index < -0.39 is 6.04 Å². The summed E-state index contributed by atoms with van der Waals surface area (Å²) in [6.07, 6.45) is 1.82. The highest BCUT2D eigenvalue weighted by Crippen LogP contribution is 2.14. The SMILES string of the molecule is C=CCNC(=O)[C@@H](C)N(Cc1ccccc1)C(=O)Cc1ccc(Cl)cc1. The van der Waals surface area contributed by atoms with E-state index in [2.05, 4.69) is 11.9 Å². The number of halogens is 1. The lowest BCUT2D eigenvalue weighted by Gasteiger charge is -2.29. The summed E-state index contributed by atoms with van der Waals surface area (Å²) in [6.45, 7) is 6.07. The molecule has 0 saturated carbocycles. The van der Waals surface area contributed by atoms with Crippen LogP contribution in [0.4, 0.5) is 0 Å². The third-order valence-electron chi connectivity index (χ3n) is 4.05. The summed E-state index contributed by atoms with van der Waals surface area (Å²) in [7, 11) is 0. The normalized spacial score (nSPS) is 11.5. The Morgan fingerprint density at radius 1 is 1.12 bits per heavy atom. The molecule has 26 heavy (non-hydrogen) atoms. The minimum Gasteiger partial charge on any atom is -0.351 e. The van der Waals surface area contributed by atoms with Crippen molar-refractivity contribution >= 4 is 23.4 Å². The number of benzene rings is 2. The van der Waals surface area contributed by atoms with E-state index in [1.54, 1.807) is 30.0 Å². The highest BCUT2D eigenvalue weighted by atomic mass is 35.5. The van der Waals surface area contributed by atoms with Gasteiger partial charge >= 0.3 is 0 Å². The van der Waals surface area contributed by atoms with E-state index in [1.165, 1.54) is 0 Å². The standard InChI is InChI=1S/C21H23ClN2O2/c1-3-13-23-21(26)16(2)24(15-18-7-5-4-6-8-18)20(25)14-17-9-11-19(22)12-10-17/h3-12,16H,1,13-15H2,2H3,(H,23,26)/t16-/m1/s1. The summed E-state index contributed by atoms with van der Waals surface area (Å²) >= 11 is 5.90. The first-order valence-electron chi connectivity index (χ1n) is 8.47. The van der Waals surface area contributed by atoms with Crippen LogP contribution in [0.3, 0.4) is 0 Å². The van der Waals surface area contributed by atoms with Crippen LogP contribution in [0, 0.1) is 0 Å². The molecule has 1 atom stereocenters. The number of hydrogen-bond donors (Lipinski definition) is 1. The van der Waals surface area contributed by atoms with Gasteiger partial charge in [0.2, 0.25) is 11.8 Å². The van der Waals surface area contributed by atoms with Crippen LogP contribution in [-0.2, 0) is 22.6 Å². The molecule has 0 unspecified atom stereocenters. The van der Waals surface area contributed by atoms with Gasteiger partial charge in [0.1, 0.15) is 6.04 Å². The zero-order valence-corrected chi connectivity index (χ0v) is 15.6. The molecule has 4 nitrogen and oxygen atoms in total. The van der Waals surface area contributed by atoms with Crippen molar-refractivity contribution in [2.75, 3.05) is 6.54 Å². The van der Waals surface area contributed by atoms with Crippen LogP contribution in [0.2, 0.25) is 5.02 Å². The van der Waals surface area contributed by atoms with E-state index in [9.17, 15) is 9.59 Å². The van der Waals surface area contributed by atoms with Crippen LogP contribution >= 0.6 is 11.6 Å². The fraction of sp³-hybridized carbons (Fsp3) is 0.238. The summed E-state index contributed by atoms with van der Waals surface area (Å²) < 4.78 is 0. The minimum absolute atomic E-state index is 0.113. The van der Waals surface area contributed by atoms with Gasteiger partial charge in [-0.25, -0.2) is 0 Å². The van der Waals surface area contributed by atoms with Crippen molar-refractivity contribution < 1.29 is 9.59 Å². The zero-order chi connectivity index (χ0) is 18.9. The van der Waals surface area contributed by atoms with Crippen LogP contribution in [-0.4, -0.2) is 29.3 Å². The molecule has 5 heteroatoms. The molecule has 2 aromatic rings. The molecular formula is C21H23ClN2O2. The Kier molecular flexibility index (Phi) is 7.42. The van der Waals surface area contributed by atoms with Gasteiger partial charge in [0.05, 0.1) is 6.42 Å². The molecule has 0 aliphatic heterocycles. The van der Waals surface area contributed by atoms with E-state index in [4.69, 9.17) is 11.6 Å². The number of amides is 2. The molecule has 0 aliphatic rings. The van der Waals surface area contributed by atoms with Crippen LogP contribution in [0.15, 0.2) is 67.3 Å². The predicted molar refractivity (Wildman–Crippen MR) is 105 cm³/mol. The summed E-state index contributed by atoms with van der Waals surface area (Å²) in [4.78, 5) is 26.9. The Hall–Kier alpha value is -2.59. The lowest BCUT2D eigenvalue weighted by molar-refractivity contribution is -0.140. The molecule has 0 radical (unpaired) electrons. The van der Waals surface area contributed by atoms with Crippen LogP contribution in [0.25, 0.3) is 0 Å². The zero-order valence-electron chi connectivity index (χ0n) is 14.8. The third kappa shape index (κ3) is 5.74. The van der Waals surface area contributed by atoms with Gasteiger partial charge in [-0.3, -0.25) is 9.59 Å². The van der Waals surface area contributed by atoms with Crippen molar-refractivity contribution in [2.45, 2.75) is 25.9 Å². The Morgan fingerprint density at radius 2 is 1.77 bits per heavy atom. The first kappa shape index (κ1) is 19.7. The Morgan fingerprint density at radius 3 is 2.38 bits per heavy atom. The van der Waals surface area contributed by atoms with Gasteiger partial charge < -0.3 is 10.2 Å². The second kappa shape index (κ2) is 9.78. The maximum atomic E-state index is 12.9. The summed E-state index contributed by atoms with van der Waals surface area (Å²) in [5.41, 5.74) is 1.83. The second-order valence-electron chi connectivity index (χ2n) is 6.02. The lowest BCUT2D eigenvalue weighted by Crippen LogP contribution is -2.48. The molecular weight excluding hydrogens is 348 g/mol. The van der Waals surface area contributed by atoms with E-state index in [0.717, 1.165) is 11.1 Å². The van der Waals surface area contributed by atoms with Crippen molar-refractivity contribution in [3.8, 4) is 0 Å². The number of carbonyl (C=O) groups is 2. The first-order chi connectivity index (χ1) is 12.5. The van der Waals surface area contributed by atoms with Crippen LogP contribution in [0.1, 0.15) is 18.1 Å². The maximum Gasteiger partial charge on any atom is 0.242 e. The molecule has 0 saturated heterocycles. The fourth-order valence-electron chi connectivity index (χ4n) is 2.56. The Labute approximate surface area is 159 Å². The number of nitrogens with one attached hydrogen (secondary N) is 1. The van der Waals surface area contributed by atoms with E-state index in [-0.39, 0.29) is 18.2 Å². The molecule has 2 amide bonds. The monoisotopic (exact) mass is 370 g/mol. The number of rotatable bonds is 8. The largest absolute Gasteiger partial charge is 0.351 e. The van der Waals surface area contributed by atoms with Gasteiger partial charge in [0, 0.05) is 18.1 Å². The topological polar surface area (TPSA) is 49.4 Å². The maximum absolute atomic E-state index is 12.9. The van der Waals surface area contributed by atoms with E-state index in [0.29, 0.717) is 18.1 Å². The van der Waals surface area contributed by atoms with Gasteiger partial charge in [-0.05, 0) is 30.2 Å². The predicted octanol–water partition coefficient (Wildman–Crippen LogP) is 3.60. The molecule has 136 valence electrons. The molecule has 0 aromatic heterocycles. The molecule has 0 spiro atoms. The van der Waals surface area contributed by atoms with Crippen LogP contribution < -0.4 is 5.32 Å². The highest BCUT2D eigenvalue weighted by Gasteiger charge is 2.25. The van der Waals surface area contributed by atoms with E-state index >= 15 is 0 Å². The summed E-state index contributed by atoms with van der Waals surface area (Å²) in [6, 6.07) is 16.2. The smallest absolute Gasteiger partial charge is 0.242 e.